The van der Waals surface area contributed by atoms with Crippen LogP contribution < -0.4 is 5.73 Å². The first-order valence-corrected chi connectivity index (χ1v) is 6.18. The lowest BCUT2D eigenvalue weighted by atomic mass is 9.57. The number of halogens is 1. The van der Waals surface area contributed by atoms with Crippen LogP contribution >= 0.6 is 12.4 Å². The van der Waals surface area contributed by atoms with Gasteiger partial charge in [0.1, 0.15) is 0 Å². The molecular formula is C12H27BClNO2. The molecule has 3 nitrogen and oxygen atoms in total. The highest BCUT2D eigenvalue weighted by Gasteiger charge is 2.55. The van der Waals surface area contributed by atoms with E-state index in [2.05, 4.69) is 41.5 Å². The molecule has 102 valence electrons. The van der Waals surface area contributed by atoms with Gasteiger partial charge in [-0.2, -0.15) is 0 Å². The maximum atomic E-state index is 6.06. The predicted octanol–water partition coefficient (Wildman–Crippen LogP) is 3.02. The second kappa shape index (κ2) is 5.47. The molecule has 17 heavy (non-hydrogen) atoms. The molecule has 2 N–H and O–H groups in total. The van der Waals surface area contributed by atoms with Gasteiger partial charge in [0.2, 0.25) is 0 Å². The van der Waals surface area contributed by atoms with Crippen LogP contribution in [0.15, 0.2) is 0 Å². The van der Waals surface area contributed by atoms with E-state index in [-0.39, 0.29) is 36.0 Å². The Morgan fingerprint density at radius 2 is 1.47 bits per heavy atom. The van der Waals surface area contributed by atoms with Gasteiger partial charge in [-0.05, 0) is 47.1 Å². The van der Waals surface area contributed by atoms with Gasteiger partial charge in [-0.3, -0.25) is 0 Å². The first kappa shape index (κ1) is 17.2. The molecule has 1 rings (SSSR count). The second-order valence-electron chi connectivity index (χ2n) is 6.47. The van der Waals surface area contributed by atoms with Gasteiger partial charge in [-0.25, -0.2) is 0 Å². The van der Waals surface area contributed by atoms with Crippen molar-refractivity contribution < 1.29 is 9.31 Å². The van der Waals surface area contributed by atoms with Crippen molar-refractivity contribution in [3.05, 3.63) is 0 Å². The minimum atomic E-state index is -0.238. The van der Waals surface area contributed by atoms with E-state index in [1.54, 1.807) is 0 Å². The van der Waals surface area contributed by atoms with Gasteiger partial charge in [-0.1, -0.05) is 13.8 Å². The molecule has 0 aromatic heterocycles. The van der Waals surface area contributed by atoms with E-state index in [0.717, 1.165) is 19.4 Å². The van der Waals surface area contributed by atoms with Crippen LogP contribution in [0.3, 0.4) is 0 Å². The Bertz CT molecular complexity index is 241. The summed E-state index contributed by atoms with van der Waals surface area (Å²) < 4.78 is 12.1. The molecule has 0 aliphatic carbocycles. The van der Waals surface area contributed by atoms with Crippen LogP contribution in [0.5, 0.6) is 0 Å². The zero-order valence-corrected chi connectivity index (χ0v) is 12.8. The smallest absolute Gasteiger partial charge is 0.403 e. The van der Waals surface area contributed by atoms with Crippen molar-refractivity contribution in [2.75, 3.05) is 6.54 Å². The fraction of sp³-hybridized carbons (Fsp3) is 1.00. The third-order valence-electron chi connectivity index (χ3n) is 3.92. The SMILES string of the molecule is CC(C)(CCCN)B1OC(C)(C)C(C)(C)O1.Cl. The molecule has 0 aromatic carbocycles. The van der Waals surface area contributed by atoms with Crippen molar-refractivity contribution in [3.8, 4) is 0 Å². The highest BCUT2D eigenvalue weighted by molar-refractivity contribution is 6.49. The molecule has 0 spiro atoms. The van der Waals surface area contributed by atoms with Gasteiger partial charge in [0.25, 0.3) is 0 Å². The third-order valence-corrected chi connectivity index (χ3v) is 3.92. The Morgan fingerprint density at radius 3 is 1.82 bits per heavy atom. The molecule has 0 amide bonds. The van der Waals surface area contributed by atoms with Gasteiger partial charge in [0.05, 0.1) is 11.2 Å². The molecule has 1 heterocycles. The highest BCUT2D eigenvalue weighted by atomic mass is 35.5. The van der Waals surface area contributed by atoms with Crippen molar-refractivity contribution in [1.82, 2.24) is 0 Å². The third kappa shape index (κ3) is 3.60. The molecule has 0 bridgehead atoms. The highest BCUT2D eigenvalue weighted by Crippen LogP contribution is 2.46. The topological polar surface area (TPSA) is 44.5 Å². The van der Waals surface area contributed by atoms with Gasteiger partial charge in [0, 0.05) is 5.31 Å². The van der Waals surface area contributed by atoms with E-state index in [9.17, 15) is 0 Å². The van der Waals surface area contributed by atoms with E-state index < -0.39 is 0 Å². The van der Waals surface area contributed by atoms with Crippen LogP contribution in [0.2, 0.25) is 5.31 Å². The Balaban J connectivity index is 0.00000256. The van der Waals surface area contributed by atoms with Crippen LogP contribution in [0.1, 0.15) is 54.4 Å². The Kier molecular flexibility index (Phi) is 5.55. The standard InChI is InChI=1S/C12H26BNO2.ClH/c1-10(2,8-7-9-14)13-15-11(3,4)12(5,6)16-13;/h7-9,14H2,1-6H3;1H. The Labute approximate surface area is 112 Å². The van der Waals surface area contributed by atoms with Crippen LogP contribution in [0, 0.1) is 0 Å². The number of hydrogen-bond acceptors (Lipinski definition) is 3. The minimum absolute atomic E-state index is 0. The lowest BCUT2D eigenvalue weighted by Crippen LogP contribution is -2.41. The maximum absolute atomic E-state index is 6.06. The molecule has 0 radical (unpaired) electrons. The van der Waals surface area contributed by atoms with E-state index in [1.807, 2.05) is 0 Å². The molecule has 0 aromatic rings. The number of nitrogens with two attached hydrogens (primary N) is 1. The second-order valence-corrected chi connectivity index (χ2v) is 6.47. The minimum Gasteiger partial charge on any atom is -0.403 e. The molecule has 0 saturated carbocycles. The lowest BCUT2D eigenvalue weighted by molar-refractivity contribution is 0.00578. The summed E-state index contributed by atoms with van der Waals surface area (Å²) in [5.74, 6) is 0. The van der Waals surface area contributed by atoms with Crippen LogP contribution in [0.4, 0.5) is 0 Å². The first-order chi connectivity index (χ1) is 7.12. The quantitative estimate of drug-likeness (QED) is 0.793. The molecular weight excluding hydrogens is 236 g/mol. The van der Waals surface area contributed by atoms with Crippen LogP contribution in [-0.4, -0.2) is 24.9 Å². The van der Waals surface area contributed by atoms with Crippen molar-refractivity contribution in [2.45, 2.75) is 70.9 Å². The summed E-state index contributed by atoms with van der Waals surface area (Å²) in [5.41, 5.74) is 5.08. The van der Waals surface area contributed by atoms with E-state index in [4.69, 9.17) is 15.0 Å². The normalized spacial score (nSPS) is 22.4. The zero-order chi connectivity index (χ0) is 12.6. The largest absolute Gasteiger partial charge is 0.463 e. The van der Waals surface area contributed by atoms with Crippen LogP contribution in [-0.2, 0) is 9.31 Å². The van der Waals surface area contributed by atoms with E-state index in [0.29, 0.717) is 0 Å². The number of hydrogen-bond donors (Lipinski definition) is 1. The summed E-state index contributed by atoms with van der Waals surface area (Å²) in [6.45, 7) is 13.5. The van der Waals surface area contributed by atoms with E-state index >= 15 is 0 Å². The van der Waals surface area contributed by atoms with Crippen molar-refractivity contribution in [2.24, 2.45) is 5.73 Å². The fourth-order valence-electron chi connectivity index (χ4n) is 1.84. The molecule has 1 aliphatic rings. The molecule has 1 saturated heterocycles. The first-order valence-electron chi connectivity index (χ1n) is 6.18. The molecule has 0 atom stereocenters. The molecule has 5 heteroatoms. The van der Waals surface area contributed by atoms with E-state index in [1.165, 1.54) is 0 Å². The van der Waals surface area contributed by atoms with Gasteiger partial charge < -0.3 is 15.0 Å². The van der Waals surface area contributed by atoms with Crippen molar-refractivity contribution in [1.29, 1.82) is 0 Å². The monoisotopic (exact) mass is 263 g/mol. The average Bonchev–Trinajstić information content (AvgIpc) is 2.34. The van der Waals surface area contributed by atoms with Gasteiger partial charge in [0.15, 0.2) is 0 Å². The maximum Gasteiger partial charge on any atom is 0.463 e. The Hall–Kier alpha value is 0.235. The molecule has 1 aliphatic heterocycles. The molecule has 0 unspecified atom stereocenters. The van der Waals surface area contributed by atoms with Crippen LogP contribution in [0.25, 0.3) is 0 Å². The fourth-order valence-corrected chi connectivity index (χ4v) is 1.84. The molecule has 1 fully saturated rings. The summed E-state index contributed by atoms with van der Waals surface area (Å²) in [7, 11) is -0.135. The summed E-state index contributed by atoms with van der Waals surface area (Å²) in [5, 5.41) is 0.0183. The number of rotatable bonds is 4. The summed E-state index contributed by atoms with van der Waals surface area (Å²) in [6, 6.07) is 0. The lowest BCUT2D eigenvalue weighted by Gasteiger charge is -2.32. The zero-order valence-electron chi connectivity index (χ0n) is 12.0. The van der Waals surface area contributed by atoms with Gasteiger partial charge >= 0.3 is 7.12 Å². The van der Waals surface area contributed by atoms with Crippen molar-refractivity contribution in [3.63, 3.8) is 0 Å². The predicted molar refractivity (Wildman–Crippen MR) is 75.7 cm³/mol. The summed E-state index contributed by atoms with van der Waals surface area (Å²) in [6.07, 6.45) is 2.04. The van der Waals surface area contributed by atoms with Crippen molar-refractivity contribution >= 4 is 19.5 Å². The summed E-state index contributed by atoms with van der Waals surface area (Å²) >= 11 is 0. The summed E-state index contributed by atoms with van der Waals surface area (Å²) in [4.78, 5) is 0. The van der Waals surface area contributed by atoms with Gasteiger partial charge in [-0.15, -0.1) is 12.4 Å². The average molecular weight is 264 g/mol. The Morgan fingerprint density at radius 1 is 1.06 bits per heavy atom.